The number of hydrogen-bond acceptors (Lipinski definition) is 2. The van der Waals surface area contributed by atoms with Gasteiger partial charge in [0.05, 0.1) is 12.0 Å². The maximum atomic E-state index is 13.3. The molecule has 2 aromatic rings. The summed E-state index contributed by atoms with van der Waals surface area (Å²) in [5.74, 6) is -0.285. The Morgan fingerprint density at radius 3 is 2.77 bits per heavy atom. The van der Waals surface area contributed by atoms with Crippen LogP contribution in [0.5, 0.6) is 0 Å². The van der Waals surface area contributed by atoms with Crippen LogP contribution in [0, 0.1) is 12.7 Å². The van der Waals surface area contributed by atoms with Crippen molar-refractivity contribution < 1.29 is 4.39 Å². The van der Waals surface area contributed by atoms with Crippen LogP contribution in [0.25, 0.3) is 0 Å². The van der Waals surface area contributed by atoms with Gasteiger partial charge in [-0.05, 0) is 49.7 Å². The van der Waals surface area contributed by atoms with Gasteiger partial charge in [0.15, 0.2) is 0 Å². The summed E-state index contributed by atoms with van der Waals surface area (Å²) in [5, 5.41) is 3.76. The van der Waals surface area contributed by atoms with Crippen molar-refractivity contribution >= 4 is 35.0 Å². The lowest BCUT2D eigenvalue weighted by atomic mass is 10.1. The molecule has 0 radical (unpaired) electrons. The minimum Gasteiger partial charge on any atom is -0.366 e. The van der Waals surface area contributed by atoms with Crippen molar-refractivity contribution in [3.05, 3.63) is 52.8 Å². The van der Waals surface area contributed by atoms with E-state index in [2.05, 4.69) is 10.3 Å². The first-order chi connectivity index (χ1) is 10.5. The average molecular weight is 320 g/mol. The van der Waals surface area contributed by atoms with Crippen LogP contribution in [0.3, 0.4) is 0 Å². The van der Waals surface area contributed by atoms with Crippen molar-refractivity contribution in [1.82, 2.24) is 4.90 Å². The van der Waals surface area contributed by atoms with Gasteiger partial charge in [-0.1, -0.05) is 17.7 Å². The fourth-order valence-corrected chi connectivity index (χ4v) is 2.11. The van der Waals surface area contributed by atoms with E-state index in [-0.39, 0.29) is 5.82 Å². The molecule has 5 heteroatoms. The second-order valence-electron chi connectivity index (χ2n) is 5.05. The van der Waals surface area contributed by atoms with Gasteiger partial charge in [0, 0.05) is 30.0 Å². The predicted octanol–water partition coefficient (Wildman–Crippen LogP) is 5.14. The summed E-state index contributed by atoms with van der Waals surface area (Å²) in [7, 11) is 1.95. The molecule has 3 nitrogen and oxygen atoms in total. The van der Waals surface area contributed by atoms with E-state index in [0.717, 1.165) is 23.5 Å². The molecule has 0 aromatic heterocycles. The highest BCUT2D eigenvalue weighted by atomic mass is 35.5. The molecule has 0 aliphatic heterocycles. The van der Waals surface area contributed by atoms with Crippen molar-refractivity contribution in [3.8, 4) is 0 Å². The summed E-state index contributed by atoms with van der Waals surface area (Å²) in [6.07, 6.45) is 1.77. The smallest absolute Gasteiger partial charge is 0.125 e. The van der Waals surface area contributed by atoms with E-state index in [4.69, 9.17) is 11.6 Å². The van der Waals surface area contributed by atoms with E-state index >= 15 is 0 Å². The lowest BCUT2D eigenvalue weighted by Gasteiger charge is -2.13. The van der Waals surface area contributed by atoms with Gasteiger partial charge in [0.25, 0.3) is 0 Å². The van der Waals surface area contributed by atoms with Crippen molar-refractivity contribution in [2.24, 2.45) is 4.99 Å². The first-order valence-electron chi connectivity index (χ1n) is 7.06. The van der Waals surface area contributed by atoms with E-state index in [1.807, 2.05) is 37.9 Å². The number of nitrogens with one attached hydrogen (secondary N) is 1. The Bertz CT molecular complexity index is 686. The first-order valence-corrected chi connectivity index (χ1v) is 7.44. The number of nitrogens with zero attached hydrogens (tertiary/aromatic N) is 2. The molecule has 0 unspecified atom stereocenters. The number of anilines is 2. The fourth-order valence-electron chi connectivity index (χ4n) is 1.89. The second-order valence-corrected chi connectivity index (χ2v) is 5.49. The van der Waals surface area contributed by atoms with Gasteiger partial charge in [0.1, 0.15) is 5.82 Å². The Hall–Kier alpha value is -2.07. The third-order valence-electron chi connectivity index (χ3n) is 3.34. The van der Waals surface area contributed by atoms with Gasteiger partial charge >= 0.3 is 0 Å². The molecule has 116 valence electrons. The van der Waals surface area contributed by atoms with Crippen molar-refractivity contribution in [2.75, 3.05) is 18.9 Å². The molecular weight excluding hydrogens is 301 g/mol. The van der Waals surface area contributed by atoms with Crippen molar-refractivity contribution in [3.63, 3.8) is 0 Å². The Labute approximate surface area is 135 Å². The SMILES string of the molecule is CCN(C)C=Nc1cc(Cl)cc(Nc2cccc(F)c2)c1C. The van der Waals surface area contributed by atoms with E-state index in [9.17, 15) is 4.39 Å². The third kappa shape index (κ3) is 4.21. The normalized spacial score (nSPS) is 11.0. The highest BCUT2D eigenvalue weighted by Crippen LogP contribution is 2.32. The molecule has 0 heterocycles. The molecule has 0 saturated heterocycles. The van der Waals surface area contributed by atoms with E-state index in [0.29, 0.717) is 10.7 Å². The molecule has 0 fully saturated rings. The summed E-state index contributed by atoms with van der Waals surface area (Å²) in [6.45, 7) is 4.88. The molecule has 0 atom stereocenters. The second kappa shape index (κ2) is 7.27. The minimum absolute atomic E-state index is 0.285. The minimum atomic E-state index is -0.285. The zero-order valence-electron chi connectivity index (χ0n) is 12.9. The molecule has 0 bridgehead atoms. The highest BCUT2D eigenvalue weighted by molar-refractivity contribution is 6.31. The quantitative estimate of drug-likeness (QED) is 0.610. The molecule has 22 heavy (non-hydrogen) atoms. The Kier molecular flexibility index (Phi) is 5.39. The zero-order chi connectivity index (χ0) is 16.1. The summed E-state index contributed by atoms with van der Waals surface area (Å²) in [4.78, 5) is 6.43. The maximum Gasteiger partial charge on any atom is 0.125 e. The van der Waals surface area contributed by atoms with Crippen LogP contribution in [-0.4, -0.2) is 24.8 Å². The molecule has 2 rings (SSSR count). The van der Waals surface area contributed by atoms with Gasteiger partial charge < -0.3 is 10.2 Å². The largest absolute Gasteiger partial charge is 0.366 e. The van der Waals surface area contributed by atoms with Crippen LogP contribution in [0.4, 0.5) is 21.5 Å². The number of hydrogen-bond donors (Lipinski definition) is 1. The van der Waals surface area contributed by atoms with Gasteiger partial charge in [-0.15, -0.1) is 0 Å². The van der Waals surface area contributed by atoms with E-state index in [1.54, 1.807) is 18.5 Å². The van der Waals surface area contributed by atoms with Gasteiger partial charge in [0.2, 0.25) is 0 Å². The summed E-state index contributed by atoms with van der Waals surface area (Å²) < 4.78 is 13.3. The summed E-state index contributed by atoms with van der Waals surface area (Å²) in [6, 6.07) is 9.93. The third-order valence-corrected chi connectivity index (χ3v) is 3.56. The highest BCUT2D eigenvalue weighted by Gasteiger charge is 2.07. The Morgan fingerprint density at radius 2 is 2.09 bits per heavy atom. The van der Waals surface area contributed by atoms with Crippen molar-refractivity contribution in [1.29, 1.82) is 0 Å². The van der Waals surface area contributed by atoms with Crippen molar-refractivity contribution in [2.45, 2.75) is 13.8 Å². The summed E-state index contributed by atoms with van der Waals surface area (Å²) in [5.41, 5.74) is 3.22. The van der Waals surface area contributed by atoms with Crippen LogP contribution in [-0.2, 0) is 0 Å². The summed E-state index contributed by atoms with van der Waals surface area (Å²) >= 11 is 6.17. The van der Waals surface area contributed by atoms with E-state index in [1.165, 1.54) is 12.1 Å². The fraction of sp³-hybridized carbons (Fsp3) is 0.235. The number of rotatable bonds is 5. The van der Waals surface area contributed by atoms with Gasteiger partial charge in [-0.25, -0.2) is 9.38 Å². The Morgan fingerprint density at radius 1 is 1.32 bits per heavy atom. The molecule has 0 spiro atoms. The lowest BCUT2D eigenvalue weighted by molar-refractivity contribution is 0.552. The number of benzene rings is 2. The van der Waals surface area contributed by atoms with Crippen LogP contribution >= 0.6 is 11.6 Å². The van der Waals surface area contributed by atoms with Gasteiger partial charge in [-0.2, -0.15) is 0 Å². The standard InChI is InChI=1S/C17H19ClFN3/c1-4-22(3)11-20-16-8-13(18)9-17(12(16)2)21-15-7-5-6-14(19)10-15/h5-11,21H,4H2,1-3H3. The van der Waals surface area contributed by atoms with Crippen LogP contribution in [0.15, 0.2) is 41.4 Å². The molecule has 2 aromatic carbocycles. The Balaban J connectivity index is 2.32. The molecule has 0 amide bonds. The topological polar surface area (TPSA) is 27.6 Å². The number of aliphatic imine (C=N–C) groups is 1. The zero-order valence-corrected chi connectivity index (χ0v) is 13.7. The monoisotopic (exact) mass is 319 g/mol. The first kappa shape index (κ1) is 16.3. The van der Waals surface area contributed by atoms with Crippen LogP contribution in [0.1, 0.15) is 12.5 Å². The molecule has 0 aliphatic carbocycles. The predicted molar refractivity (Wildman–Crippen MR) is 92.3 cm³/mol. The molecule has 1 N–H and O–H groups in total. The number of halogens is 2. The maximum absolute atomic E-state index is 13.3. The average Bonchev–Trinajstić information content (AvgIpc) is 2.48. The molecule has 0 aliphatic rings. The molecular formula is C17H19ClFN3. The molecule has 0 saturated carbocycles. The van der Waals surface area contributed by atoms with Gasteiger partial charge in [-0.3, -0.25) is 0 Å². The van der Waals surface area contributed by atoms with Crippen LogP contribution in [0.2, 0.25) is 5.02 Å². The lowest BCUT2D eigenvalue weighted by Crippen LogP contribution is -2.14. The van der Waals surface area contributed by atoms with E-state index < -0.39 is 0 Å². The van der Waals surface area contributed by atoms with Crippen LogP contribution < -0.4 is 5.32 Å².